The second kappa shape index (κ2) is 10.3. The number of carbonyl (C=O) groups is 1. The molecule has 0 spiro atoms. The van der Waals surface area contributed by atoms with Gasteiger partial charge in [0, 0.05) is 18.9 Å². The van der Waals surface area contributed by atoms with Gasteiger partial charge in [0.25, 0.3) is 0 Å². The van der Waals surface area contributed by atoms with Crippen molar-refractivity contribution in [3.8, 4) is 11.5 Å². The molecule has 1 aromatic carbocycles. The molecule has 0 saturated carbocycles. The molecule has 0 fully saturated rings. The van der Waals surface area contributed by atoms with Crippen molar-refractivity contribution in [1.82, 2.24) is 5.32 Å². The molecule has 1 rings (SSSR count). The summed E-state index contributed by atoms with van der Waals surface area (Å²) >= 11 is 1.73. The van der Waals surface area contributed by atoms with Crippen molar-refractivity contribution >= 4 is 17.7 Å². The maximum Gasteiger partial charge on any atom is 0.224 e. The van der Waals surface area contributed by atoms with Gasteiger partial charge in [0.15, 0.2) is 11.5 Å². The summed E-state index contributed by atoms with van der Waals surface area (Å²) in [6.07, 6.45) is 1.12. The van der Waals surface area contributed by atoms with E-state index in [1.165, 1.54) is 0 Å². The Morgan fingerprint density at radius 1 is 1.24 bits per heavy atom. The van der Waals surface area contributed by atoms with E-state index in [1.54, 1.807) is 32.0 Å². The molecule has 0 atom stereocenters. The van der Waals surface area contributed by atoms with Gasteiger partial charge in [-0.3, -0.25) is 4.79 Å². The first-order valence-corrected chi connectivity index (χ1v) is 8.03. The number of amides is 1. The van der Waals surface area contributed by atoms with Crippen LogP contribution in [0.3, 0.4) is 0 Å². The molecule has 0 saturated heterocycles. The van der Waals surface area contributed by atoms with Gasteiger partial charge < -0.3 is 19.9 Å². The van der Waals surface area contributed by atoms with Gasteiger partial charge >= 0.3 is 0 Å². The Morgan fingerprint density at radius 2 is 2.00 bits per heavy atom. The van der Waals surface area contributed by atoms with Gasteiger partial charge in [-0.2, -0.15) is 11.8 Å². The molecule has 0 bridgehead atoms. The van der Waals surface area contributed by atoms with Crippen molar-refractivity contribution in [3.63, 3.8) is 0 Å². The lowest BCUT2D eigenvalue weighted by Gasteiger charge is -2.10. The van der Waals surface area contributed by atoms with Gasteiger partial charge in [0.2, 0.25) is 5.91 Å². The second-order valence-electron chi connectivity index (χ2n) is 4.41. The maximum absolute atomic E-state index is 11.8. The van der Waals surface area contributed by atoms with Crippen LogP contribution < -0.4 is 14.8 Å². The van der Waals surface area contributed by atoms with Crippen molar-refractivity contribution in [2.24, 2.45) is 0 Å². The highest BCUT2D eigenvalue weighted by Crippen LogP contribution is 2.27. The third kappa shape index (κ3) is 6.73. The van der Waals surface area contributed by atoms with Crippen LogP contribution in [0.4, 0.5) is 0 Å². The molecule has 118 valence electrons. The number of carbonyl (C=O) groups excluding carboxylic acids is 1. The molecule has 0 aliphatic rings. The number of rotatable bonds is 10. The Balaban J connectivity index is 2.34. The maximum atomic E-state index is 11.8. The van der Waals surface area contributed by atoms with Gasteiger partial charge in [-0.25, -0.2) is 0 Å². The normalized spacial score (nSPS) is 10.2. The van der Waals surface area contributed by atoms with Crippen molar-refractivity contribution in [2.45, 2.75) is 12.8 Å². The first kappa shape index (κ1) is 17.7. The van der Waals surface area contributed by atoms with Crippen molar-refractivity contribution < 1.29 is 19.4 Å². The van der Waals surface area contributed by atoms with Gasteiger partial charge in [-0.15, -0.1) is 0 Å². The fraction of sp³-hybridized carbons (Fsp3) is 0.533. The molecular formula is C15H23NO4S. The second-order valence-corrected chi connectivity index (χ2v) is 5.63. The number of aliphatic hydroxyl groups is 1. The Kier molecular flexibility index (Phi) is 8.69. The molecule has 1 amide bonds. The van der Waals surface area contributed by atoms with Crippen LogP contribution in [0.15, 0.2) is 18.2 Å². The number of methoxy groups -OCH3 is 2. The molecule has 0 aliphatic carbocycles. The van der Waals surface area contributed by atoms with Crippen LogP contribution in [0, 0.1) is 0 Å². The van der Waals surface area contributed by atoms with Gasteiger partial charge in [-0.05, 0) is 29.9 Å². The van der Waals surface area contributed by atoms with E-state index in [1.807, 2.05) is 12.1 Å². The molecule has 0 aliphatic heterocycles. The summed E-state index contributed by atoms with van der Waals surface area (Å²) in [6.45, 7) is 0.862. The van der Waals surface area contributed by atoms with E-state index in [0.29, 0.717) is 24.5 Å². The summed E-state index contributed by atoms with van der Waals surface area (Å²) in [4.78, 5) is 11.8. The number of benzene rings is 1. The summed E-state index contributed by atoms with van der Waals surface area (Å²) < 4.78 is 10.4. The van der Waals surface area contributed by atoms with E-state index in [2.05, 4.69) is 5.32 Å². The fourth-order valence-corrected chi connectivity index (χ4v) is 2.55. The minimum absolute atomic E-state index is 0.00928. The lowest BCUT2D eigenvalue weighted by molar-refractivity contribution is -0.120. The third-order valence-corrected chi connectivity index (χ3v) is 3.90. The minimum atomic E-state index is -0.00928. The predicted molar refractivity (Wildman–Crippen MR) is 85.3 cm³/mol. The monoisotopic (exact) mass is 313 g/mol. The highest BCUT2D eigenvalue weighted by atomic mass is 32.2. The summed E-state index contributed by atoms with van der Waals surface area (Å²) in [5, 5.41) is 11.5. The summed E-state index contributed by atoms with van der Waals surface area (Å²) in [7, 11) is 3.16. The largest absolute Gasteiger partial charge is 0.493 e. The van der Waals surface area contributed by atoms with E-state index in [-0.39, 0.29) is 12.5 Å². The van der Waals surface area contributed by atoms with Gasteiger partial charge in [0.05, 0.1) is 20.6 Å². The third-order valence-electron chi connectivity index (χ3n) is 2.83. The zero-order valence-electron chi connectivity index (χ0n) is 12.6. The smallest absolute Gasteiger partial charge is 0.224 e. The van der Waals surface area contributed by atoms with Crippen LogP contribution in [0.2, 0.25) is 0 Å². The number of nitrogens with one attached hydrogen (secondary N) is 1. The summed E-state index contributed by atoms with van der Waals surface area (Å²) in [5.41, 5.74) is 0.887. The van der Waals surface area contributed by atoms with E-state index in [9.17, 15) is 4.79 Å². The first-order chi connectivity index (χ1) is 10.2. The molecule has 0 radical (unpaired) electrons. The van der Waals surface area contributed by atoms with Crippen LogP contribution in [-0.4, -0.2) is 49.9 Å². The van der Waals surface area contributed by atoms with Crippen molar-refractivity contribution in [1.29, 1.82) is 0 Å². The predicted octanol–water partition coefficient (Wildman–Crippen LogP) is 1.48. The highest BCUT2D eigenvalue weighted by Gasteiger charge is 2.08. The zero-order valence-corrected chi connectivity index (χ0v) is 13.4. The van der Waals surface area contributed by atoms with Gasteiger partial charge in [-0.1, -0.05) is 6.07 Å². The lowest BCUT2D eigenvalue weighted by atomic mass is 10.1. The molecule has 0 aromatic heterocycles. The molecule has 1 aromatic rings. The molecule has 21 heavy (non-hydrogen) atoms. The number of thioether (sulfide) groups is 1. The van der Waals surface area contributed by atoms with E-state index >= 15 is 0 Å². The number of hydrogen-bond donors (Lipinski definition) is 2. The number of hydrogen-bond acceptors (Lipinski definition) is 5. The minimum Gasteiger partial charge on any atom is -0.493 e. The average molecular weight is 313 g/mol. The fourth-order valence-electron chi connectivity index (χ4n) is 1.77. The Hall–Kier alpha value is -1.40. The number of aliphatic hydroxyl groups excluding tert-OH is 1. The van der Waals surface area contributed by atoms with E-state index < -0.39 is 0 Å². The van der Waals surface area contributed by atoms with Gasteiger partial charge in [0.1, 0.15) is 0 Å². The standard InChI is InChI=1S/C15H23NO4S/c1-19-13-5-4-12(10-14(13)20-2)11-15(18)16-6-9-21-8-3-7-17/h4-5,10,17H,3,6-9,11H2,1-2H3,(H,16,18). The summed E-state index contributed by atoms with van der Waals surface area (Å²) in [5.74, 6) is 3.05. The van der Waals surface area contributed by atoms with Crippen LogP contribution in [0.1, 0.15) is 12.0 Å². The first-order valence-electron chi connectivity index (χ1n) is 6.87. The van der Waals surface area contributed by atoms with Crippen LogP contribution in [0.25, 0.3) is 0 Å². The Bertz CT molecular complexity index is 440. The lowest BCUT2D eigenvalue weighted by Crippen LogP contribution is -2.27. The zero-order chi connectivity index (χ0) is 15.5. The topological polar surface area (TPSA) is 67.8 Å². The Morgan fingerprint density at radius 3 is 2.67 bits per heavy atom. The van der Waals surface area contributed by atoms with E-state index in [0.717, 1.165) is 23.5 Å². The molecule has 0 unspecified atom stereocenters. The van der Waals surface area contributed by atoms with Crippen molar-refractivity contribution in [3.05, 3.63) is 23.8 Å². The van der Waals surface area contributed by atoms with Crippen LogP contribution >= 0.6 is 11.8 Å². The Labute approximate surface area is 130 Å². The molecule has 2 N–H and O–H groups in total. The molecular weight excluding hydrogens is 290 g/mol. The van der Waals surface area contributed by atoms with Crippen molar-refractivity contribution in [2.75, 3.05) is 38.9 Å². The van der Waals surface area contributed by atoms with Crippen LogP contribution in [0.5, 0.6) is 11.5 Å². The summed E-state index contributed by atoms with van der Waals surface area (Å²) in [6, 6.07) is 5.47. The average Bonchev–Trinajstić information content (AvgIpc) is 2.50. The number of ether oxygens (including phenoxy) is 2. The SMILES string of the molecule is COc1ccc(CC(=O)NCCSCCCO)cc1OC. The van der Waals surface area contributed by atoms with E-state index in [4.69, 9.17) is 14.6 Å². The highest BCUT2D eigenvalue weighted by molar-refractivity contribution is 7.99. The van der Waals surface area contributed by atoms with Crippen LogP contribution in [-0.2, 0) is 11.2 Å². The quantitative estimate of drug-likeness (QED) is 0.640. The molecule has 5 nitrogen and oxygen atoms in total. The molecule has 0 heterocycles. The molecule has 6 heteroatoms.